The van der Waals surface area contributed by atoms with Gasteiger partial charge in [0.05, 0.1) is 18.8 Å². The lowest BCUT2D eigenvalue weighted by Crippen LogP contribution is -2.27. The van der Waals surface area contributed by atoms with Crippen LogP contribution in [0.4, 0.5) is 4.39 Å². The van der Waals surface area contributed by atoms with E-state index in [1.54, 1.807) is 6.07 Å². The lowest BCUT2D eigenvalue weighted by Gasteiger charge is -2.26. The quantitative estimate of drug-likeness (QED) is 0.916. The topological polar surface area (TPSA) is 74.2 Å². The van der Waals surface area contributed by atoms with Crippen LogP contribution in [0.3, 0.4) is 0 Å². The van der Waals surface area contributed by atoms with E-state index in [4.69, 9.17) is 15.0 Å². The van der Waals surface area contributed by atoms with E-state index < -0.39 is 6.04 Å². The number of ether oxygens (including phenoxy) is 1. The third-order valence-corrected chi connectivity index (χ3v) is 3.63. The van der Waals surface area contributed by atoms with E-state index in [1.165, 1.54) is 18.6 Å². The fourth-order valence-electron chi connectivity index (χ4n) is 2.21. The van der Waals surface area contributed by atoms with Crippen molar-refractivity contribution in [2.75, 3.05) is 6.61 Å². The average molecular weight is 291 g/mol. The minimum absolute atomic E-state index is 0.270. The van der Waals surface area contributed by atoms with Gasteiger partial charge in [-0.3, -0.25) is 0 Å². The molecule has 1 unspecified atom stereocenters. The van der Waals surface area contributed by atoms with Crippen LogP contribution in [0.25, 0.3) is 11.5 Å². The summed E-state index contributed by atoms with van der Waals surface area (Å²) in [5, 5.41) is 3.86. The molecule has 1 heterocycles. The van der Waals surface area contributed by atoms with Crippen LogP contribution in [0.1, 0.15) is 36.7 Å². The monoisotopic (exact) mass is 291 g/mol. The van der Waals surface area contributed by atoms with Gasteiger partial charge in [0.1, 0.15) is 5.82 Å². The Balaban J connectivity index is 1.69. The summed E-state index contributed by atoms with van der Waals surface area (Å²) in [5.74, 6) is 0.320. The fraction of sp³-hybridized carbons (Fsp3) is 0.467. The number of hydrogen-bond acceptors (Lipinski definition) is 5. The van der Waals surface area contributed by atoms with Gasteiger partial charge in [-0.05, 0) is 49.9 Å². The summed E-state index contributed by atoms with van der Waals surface area (Å²) in [6.45, 7) is 2.17. The van der Waals surface area contributed by atoms with Crippen LogP contribution >= 0.6 is 0 Å². The molecule has 2 N–H and O–H groups in total. The van der Waals surface area contributed by atoms with Crippen LogP contribution in [0, 0.1) is 12.7 Å². The predicted molar refractivity (Wildman–Crippen MR) is 74.9 cm³/mol. The molecule has 3 rings (SSSR count). The van der Waals surface area contributed by atoms with Crippen molar-refractivity contribution < 1.29 is 13.7 Å². The zero-order valence-corrected chi connectivity index (χ0v) is 11.9. The molecule has 1 fully saturated rings. The molecule has 2 aromatic rings. The summed E-state index contributed by atoms with van der Waals surface area (Å²) in [6.07, 6.45) is 3.71. The van der Waals surface area contributed by atoms with Crippen LogP contribution in [-0.2, 0) is 4.74 Å². The van der Waals surface area contributed by atoms with Gasteiger partial charge in [0.15, 0.2) is 5.82 Å². The van der Waals surface area contributed by atoms with E-state index in [-0.39, 0.29) is 11.7 Å². The van der Waals surface area contributed by atoms with Gasteiger partial charge in [-0.1, -0.05) is 5.16 Å². The molecule has 0 bridgehead atoms. The highest BCUT2D eigenvalue weighted by Crippen LogP contribution is 2.24. The molecular weight excluding hydrogens is 273 g/mol. The van der Waals surface area contributed by atoms with E-state index in [9.17, 15) is 4.39 Å². The SMILES string of the molecule is Cc1cc(F)cc(-c2nc(C(N)COC3CCC3)no2)c1. The highest BCUT2D eigenvalue weighted by Gasteiger charge is 2.21. The molecule has 112 valence electrons. The van der Waals surface area contributed by atoms with Crippen molar-refractivity contribution in [2.45, 2.75) is 38.3 Å². The van der Waals surface area contributed by atoms with Crippen LogP contribution in [0.2, 0.25) is 0 Å². The maximum Gasteiger partial charge on any atom is 0.258 e. The first-order valence-corrected chi connectivity index (χ1v) is 7.10. The van der Waals surface area contributed by atoms with Gasteiger partial charge >= 0.3 is 0 Å². The molecule has 1 aromatic carbocycles. The predicted octanol–water partition coefficient (Wildman–Crippen LogP) is 2.75. The van der Waals surface area contributed by atoms with Gasteiger partial charge in [-0.2, -0.15) is 4.98 Å². The van der Waals surface area contributed by atoms with Gasteiger partial charge < -0.3 is 15.0 Å². The molecule has 1 aromatic heterocycles. The molecule has 0 aliphatic heterocycles. The summed E-state index contributed by atoms with van der Waals surface area (Å²) in [7, 11) is 0. The summed E-state index contributed by atoms with van der Waals surface area (Å²) in [6, 6.07) is 4.16. The lowest BCUT2D eigenvalue weighted by atomic mass is 9.96. The largest absolute Gasteiger partial charge is 0.376 e. The van der Waals surface area contributed by atoms with E-state index in [0.717, 1.165) is 18.4 Å². The van der Waals surface area contributed by atoms with Crippen molar-refractivity contribution in [3.05, 3.63) is 35.4 Å². The summed E-state index contributed by atoms with van der Waals surface area (Å²) in [5.41, 5.74) is 7.34. The van der Waals surface area contributed by atoms with Crippen molar-refractivity contribution in [1.29, 1.82) is 0 Å². The fourth-order valence-corrected chi connectivity index (χ4v) is 2.21. The standard InChI is InChI=1S/C15H18FN3O2/c1-9-5-10(7-11(16)6-9)15-18-14(19-21-15)13(17)8-20-12-3-2-4-12/h5-7,12-13H,2-4,8,17H2,1H3. The molecule has 1 aliphatic carbocycles. The number of benzene rings is 1. The molecule has 21 heavy (non-hydrogen) atoms. The third-order valence-electron chi connectivity index (χ3n) is 3.63. The molecule has 0 spiro atoms. The Bertz CT molecular complexity index is 605. The molecule has 1 aliphatic rings. The van der Waals surface area contributed by atoms with Gasteiger partial charge in [0.2, 0.25) is 0 Å². The van der Waals surface area contributed by atoms with Gasteiger partial charge in [0, 0.05) is 5.56 Å². The maximum absolute atomic E-state index is 13.4. The molecule has 0 amide bonds. The number of hydrogen-bond donors (Lipinski definition) is 1. The number of rotatable bonds is 5. The third kappa shape index (κ3) is 3.28. The first-order chi connectivity index (χ1) is 10.1. The molecule has 5 nitrogen and oxygen atoms in total. The number of nitrogens with zero attached hydrogens (tertiary/aromatic N) is 2. The molecule has 0 radical (unpaired) electrons. The van der Waals surface area contributed by atoms with Gasteiger partial charge in [-0.25, -0.2) is 4.39 Å². The number of halogens is 1. The van der Waals surface area contributed by atoms with Crippen molar-refractivity contribution in [3.63, 3.8) is 0 Å². The van der Waals surface area contributed by atoms with E-state index in [1.807, 2.05) is 6.92 Å². The number of nitrogens with two attached hydrogens (primary N) is 1. The number of aromatic nitrogens is 2. The zero-order chi connectivity index (χ0) is 14.8. The second-order valence-electron chi connectivity index (χ2n) is 5.47. The van der Waals surface area contributed by atoms with Gasteiger partial charge in [-0.15, -0.1) is 0 Å². The molecule has 0 saturated heterocycles. The second-order valence-corrected chi connectivity index (χ2v) is 5.47. The lowest BCUT2D eigenvalue weighted by molar-refractivity contribution is -0.00549. The Morgan fingerprint density at radius 2 is 2.24 bits per heavy atom. The number of aryl methyl sites for hydroxylation is 1. The minimum Gasteiger partial charge on any atom is -0.376 e. The minimum atomic E-state index is -0.433. The first-order valence-electron chi connectivity index (χ1n) is 7.10. The Morgan fingerprint density at radius 3 is 2.90 bits per heavy atom. The Hall–Kier alpha value is -1.79. The van der Waals surface area contributed by atoms with E-state index >= 15 is 0 Å². The van der Waals surface area contributed by atoms with Crippen LogP contribution < -0.4 is 5.73 Å². The van der Waals surface area contributed by atoms with Crippen molar-refractivity contribution in [3.8, 4) is 11.5 Å². The highest BCUT2D eigenvalue weighted by molar-refractivity contribution is 5.54. The molecule has 1 saturated carbocycles. The molecule has 6 heteroatoms. The first kappa shape index (κ1) is 14.2. The smallest absolute Gasteiger partial charge is 0.258 e. The average Bonchev–Trinajstić information content (AvgIpc) is 2.85. The Kier molecular flexibility index (Phi) is 3.98. The highest BCUT2D eigenvalue weighted by atomic mass is 19.1. The summed E-state index contributed by atoms with van der Waals surface area (Å²) in [4.78, 5) is 4.23. The molecular formula is C15H18FN3O2. The van der Waals surface area contributed by atoms with Crippen molar-refractivity contribution in [1.82, 2.24) is 10.1 Å². The second kappa shape index (κ2) is 5.91. The summed E-state index contributed by atoms with van der Waals surface area (Å²) < 4.78 is 24.2. The maximum atomic E-state index is 13.4. The van der Waals surface area contributed by atoms with Crippen molar-refractivity contribution in [2.24, 2.45) is 5.73 Å². The summed E-state index contributed by atoms with van der Waals surface area (Å²) >= 11 is 0. The zero-order valence-electron chi connectivity index (χ0n) is 11.9. The van der Waals surface area contributed by atoms with Crippen molar-refractivity contribution >= 4 is 0 Å². The van der Waals surface area contributed by atoms with Crippen LogP contribution in [-0.4, -0.2) is 22.9 Å². The molecule has 1 atom stereocenters. The van der Waals surface area contributed by atoms with Crippen LogP contribution in [0.15, 0.2) is 22.7 Å². The Labute approximate surface area is 122 Å². The normalized spacial score (nSPS) is 16.7. The van der Waals surface area contributed by atoms with E-state index in [2.05, 4.69) is 10.1 Å². The van der Waals surface area contributed by atoms with Crippen LogP contribution in [0.5, 0.6) is 0 Å². The van der Waals surface area contributed by atoms with E-state index in [0.29, 0.717) is 24.1 Å². The Morgan fingerprint density at radius 1 is 1.43 bits per heavy atom. The van der Waals surface area contributed by atoms with Gasteiger partial charge in [0.25, 0.3) is 5.89 Å².